The van der Waals surface area contributed by atoms with E-state index in [1.165, 1.54) is 0 Å². The third-order valence-electron chi connectivity index (χ3n) is 3.19. The number of aromatic nitrogens is 2. The van der Waals surface area contributed by atoms with Crippen LogP contribution in [0.4, 0.5) is 4.39 Å². The molecule has 0 unspecified atom stereocenters. The predicted octanol–water partition coefficient (Wildman–Crippen LogP) is -2.21. The van der Waals surface area contributed by atoms with Crippen molar-refractivity contribution < 1.29 is 38.2 Å². The third kappa shape index (κ3) is 4.12. The Bertz CT molecular complexity index is 728. The molecule has 130 valence electrons. The average Bonchev–Trinajstić information content (AvgIpc) is 2.81. The van der Waals surface area contributed by atoms with Crippen LogP contribution in [0, 0.1) is 5.82 Å². The first-order valence-corrected chi connectivity index (χ1v) is 7.84. The molecule has 1 aromatic heterocycles. The number of aliphatic hydroxyl groups is 2. The number of rotatable bonds is 5. The number of ether oxygens (including phenoxy) is 1. The predicted molar refractivity (Wildman–Crippen MR) is 69.8 cm³/mol. The Morgan fingerprint density at radius 2 is 2.17 bits per heavy atom. The number of phosphoric ester groups is 1. The molecule has 0 saturated carbocycles. The quantitative estimate of drug-likeness (QED) is 0.367. The van der Waals surface area contributed by atoms with Gasteiger partial charge in [0.1, 0.15) is 18.4 Å². The molecule has 1 saturated heterocycles. The van der Waals surface area contributed by atoms with Gasteiger partial charge in [0.05, 0.1) is 18.9 Å². The Hall–Kier alpha value is -1.40. The van der Waals surface area contributed by atoms with Crippen molar-refractivity contribution in [3.63, 3.8) is 0 Å². The molecule has 2 heterocycles. The molecule has 0 spiro atoms. The monoisotopic (exact) mass is 356 g/mol. The van der Waals surface area contributed by atoms with Crippen LogP contribution in [-0.2, 0) is 13.8 Å². The van der Waals surface area contributed by atoms with E-state index in [0.717, 1.165) is 0 Å². The summed E-state index contributed by atoms with van der Waals surface area (Å²) in [5.74, 6) is -1.25. The van der Waals surface area contributed by atoms with Gasteiger partial charge in [-0.25, -0.2) is 9.36 Å². The molecule has 0 bridgehead atoms. The van der Waals surface area contributed by atoms with E-state index in [-0.39, 0.29) is 6.42 Å². The van der Waals surface area contributed by atoms with Crippen molar-refractivity contribution >= 4 is 7.82 Å². The molecule has 0 radical (unpaired) electrons. The van der Waals surface area contributed by atoms with Crippen LogP contribution < -0.4 is 11.2 Å². The summed E-state index contributed by atoms with van der Waals surface area (Å²) in [6.07, 6.45) is -5.19. The van der Waals surface area contributed by atoms with Crippen LogP contribution in [0.1, 0.15) is 12.6 Å². The molecule has 1 aliphatic heterocycles. The van der Waals surface area contributed by atoms with Crippen LogP contribution in [0.15, 0.2) is 15.8 Å². The van der Waals surface area contributed by atoms with Gasteiger partial charge >= 0.3 is 13.5 Å². The van der Waals surface area contributed by atoms with Crippen molar-refractivity contribution in [2.75, 3.05) is 6.61 Å². The number of nitrogens with one attached hydrogen (secondary N) is 1. The van der Waals surface area contributed by atoms with Gasteiger partial charge in [-0.1, -0.05) is 0 Å². The van der Waals surface area contributed by atoms with E-state index in [2.05, 4.69) is 4.52 Å². The van der Waals surface area contributed by atoms with Gasteiger partial charge in [-0.05, 0) is 0 Å². The van der Waals surface area contributed by atoms with E-state index < -0.39 is 56.0 Å². The van der Waals surface area contributed by atoms with Gasteiger partial charge in [-0.15, -0.1) is 0 Å². The van der Waals surface area contributed by atoms with Crippen molar-refractivity contribution in [2.24, 2.45) is 0 Å². The SMILES string of the molecule is O=c1[nH]c(=O)n([C@H]2C[C@H](O)[C@@H]([C@@H](CO)OP(=O)(O)O)O2)cc1F. The Balaban J connectivity index is 2.24. The number of aliphatic hydroxyl groups excluding tert-OH is 2. The number of halogens is 1. The minimum Gasteiger partial charge on any atom is -0.394 e. The first-order valence-electron chi connectivity index (χ1n) is 6.31. The maximum absolute atomic E-state index is 13.3. The summed E-state index contributed by atoms with van der Waals surface area (Å²) in [5, 5.41) is 19.0. The van der Waals surface area contributed by atoms with Gasteiger partial charge in [-0.2, -0.15) is 4.39 Å². The summed E-state index contributed by atoms with van der Waals surface area (Å²) in [6, 6.07) is 0. The number of nitrogens with zero attached hydrogens (tertiary/aromatic N) is 1. The molecular formula is C10H14FN2O9P. The summed E-state index contributed by atoms with van der Waals surface area (Å²) in [5.41, 5.74) is -2.22. The number of hydrogen-bond acceptors (Lipinski definition) is 7. The third-order valence-corrected chi connectivity index (χ3v) is 3.74. The lowest BCUT2D eigenvalue weighted by molar-refractivity contribution is -0.0937. The molecule has 13 heteroatoms. The summed E-state index contributed by atoms with van der Waals surface area (Å²) >= 11 is 0. The van der Waals surface area contributed by atoms with Crippen LogP contribution in [0.3, 0.4) is 0 Å². The Labute approximate surface area is 127 Å². The van der Waals surface area contributed by atoms with Crippen molar-refractivity contribution in [1.29, 1.82) is 0 Å². The van der Waals surface area contributed by atoms with Gasteiger partial charge in [0.2, 0.25) is 5.82 Å². The second-order valence-electron chi connectivity index (χ2n) is 4.82. The summed E-state index contributed by atoms with van der Waals surface area (Å²) in [4.78, 5) is 41.8. The van der Waals surface area contributed by atoms with Gasteiger partial charge in [0.25, 0.3) is 5.56 Å². The molecular weight excluding hydrogens is 342 g/mol. The van der Waals surface area contributed by atoms with Gasteiger partial charge in [0.15, 0.2) is 0 Å². The van der Waals surface area contributed by atoms with E-state index in [9.17, 15) is 23.7 Å². The maximum Gasteiger partial charge on any atom is 0.470 e. The lowest BCUT2D eigenvalue weighted by Crippen LogP contribution is -2.39. The van der Waals surface area contributed by atoms with Gasteiger partial charge in [-0.3, -0.25) is 18.9 Å². The molecule has 5 N–H and O–H groups in total. The lowest BCUT2D eigenvalue weighted by Gasteiger charge is -2.24. The molecule has 4 atom stereocenters. The molecule has 1 fully saturated rings. The molecule has 0 aromatic carbocycles. The van der Waals surface area contributed by atoms with E-state index in [1.54, 1.807) is 4.98 Å². The maximum atomic E-state index is 13.3. The lowest BCUT2D eigenvalue weighted by atomic mass is 10.1. The molecule has 2 rings (SSSR count). The zero-order valence-electron chi connectivity index (χ0n) is 11.4. The van der Waals surface area contributed by atoms with Crippen molar-refractivity contribution in [3.05, 3.63) is 32.9 Å². The highest BCUT2D eigenvalue weighted by Crippen LogP contribution is 2.41. The Morgan fingerprint density at radius 1 is 1.52 bits per heavy atom. The normalized spacial score (nSPS) is 26.4. The fourth-order valence-corrected chi connectivity index (χ4v) is 2.77. The van der Waals surface area contributed by atoms with Crippen LogP contribution in [-0.4, -0.2) is 54.5 Å². The van der Waals surface area contributed by atoms with E-state index in [4.69, 9.17) is 19.6 Å². The highest BCUT2D eigenvalue weighted by molar-refractivity contribution is 7.46. The molecule has 0 amide bonds. The molecule has 1 aromatic rings. The zero-order chi connectivity index (χ0) is 17.4. The van der Waals surface area contributed by atoms with E-state index in [1.807, 2.05) is 0 Å². The molecule has 0 aliphatic carbocycles. The van der Waals surface area contributed by atoms with Crippen molar-refractivity contribution in [2.45, 2.75) is 31.0 Å². The number of hydrogen-bond donors (Lipinski definition) is 5. The zero-order valence-corrected chi connectivity index (χ0v) is 12.3. The number of H-pyrrole nitrogens is 1. The summed E-state index contributed by atoms with van der Waals surface area (Å²) < 4.78 is 34.3. The Morgan fingerprint density at radius 3 is 2.74 bits per heavy atom. The number of aromatic amines is 1. The molecule has 1 aliphatic rings. The Kier molecular flexibility index (Phi) is 5.16. The van der Waals surface area contributed by atoms with Crippen LogP contribution >= 0.6 is 7.82 Å². The summed E-state index contributed by atoms with van der Waals surface area (Å²) in [6.45, 7) is -0.881. The second kappa shape index (κ2) is 6.61. The topological polar surface area (TPSA) is 171 Å². The van der Waals surface area contributed by atoms with Crippen LogP contribution in [0.5, 0.6) is 0 Å². The van der Waals surface area contributed by atoms with Gasteiger partial charge in [0, 0.05) is 6.42 Å². The molecule has 23 heavy (non-hydrogen) atoms. The van der Waals surface area contributed by atoms with Crippen LogP contribution in [0.25, 0.3) is 0 Å². The van der Waals surface area contributed by atoms with Crippen molar-refractivity contribution in [3.8, 4) is 0 Å². The van der Waals surface area contributed by atoms with E-state index in [0.29, 0.717) is 10.8 Å². The smallest absolute Gasteiger partial charge is 0.394 e. The minimum absolute atomic E-state index is 0.253. The number of phosphoric acid groups is 1. The van der Waals surface area contributed by atoms with Crippen molar-refractivity contribution in [1.82, 2.24) is 9.55 Å². The minimum atomic E-state index is -4.96. The standard InChI is InChI=1S/C10H14FN2O9P/c11-4-2-13(10(17)12-9(4)16)7-1-5(15)8(21-7)6(3-14)22-23(18,19)20/h2,5-8,14-15H,1,3H2,(H,12,16,17)(H2,18,19,20)/t5-,6+,7+,8-/m0/s1. The van der Waals surface area contributed by atoms with Gasteiger partial charge < -0.3 is 24.7 Å². The summed E-state index contributed by atoms with van der Waals surface area (Å²) in [7, 11) is -4.96. The van der Waals surface area contributed by atoms with Crippen LogP contribution in [0.2, 0.25) is 0 Å². The fraction of sp³-hybridized carbons (Fsp3) is 0.600. The average molecular weight is 356 g/mol. The van der Waals surface area contributed by atoms with E-state index >= 15 is 0 Å². The highest BCUT2D eigenvalue weighted by Gasteiger charge is 2.43. The first kappa shape index (κ1) is 17.9. The molecule has 11 nitrogen and oxygen atoms in total. The largest absolute Gasteiger partial charge is 0.470 e. The fourth-order valence-electron chi connectivity index (χ4n) is 2.23. The highest BCUT2D eigenvalue weighted by atomic mass is 31.2. The second-order valence-corrected chi connectivity index (χ2v) is 6.01. The first-order chi connectivity index (χ1) is 10.6.